The summed E-state index contributed by atoms with van der Waals surface area (Å²) in [5.74, 6) is -0.852. The van der Waals surface area contributed by atoms with Crippen molar-refractivity contribution in [3.63, 3.8) is 0 Å². The molecule has 168 valence electrons. The van der Waals surface area contributed by atoms with Gasteiger partial charge in [0, 0.05) is 24.0 Å². The van der Waals surface area contributed by atoms with Crippen molar-refractivity contribution < 1.29 is 14.4 Å². The van der Waals surface area contributed by atoms with Gasteiger partial charge in [0.1, 0.15) is 22.9 Å². The van der Waals surface area contributed by atoms with E-state index in [0.717, 1.165) is 19.3 Å². The Morgan fingerprint density at radius 3 is 2.78 bits per heavy atom. The van der Waals surface area contributed by atoms with Crippen LogP contribution in [-0.4, -0.2) is 46.3 Å². The summed E-state index contributed by atoms with van der Waals surface area (Å²) in [7, 11) is 0. The van der Waals surface area contributed by atoms with Gasteiger partial charge >= 0.3 is 0 Å². The normalized spacial score (nSPS) is 20.1. The lowest BCUT2D eigenvalue weighted by atomic mass is 9.92. The van der Waals surface area contributed by atoms with Crippen LogP contribution in [-0.2, 0) is 9.59 Å². The van der Waals surface area contributed by atoms with Crippen molar-refractivity contribution in [3.8, 4) is 6.07 Å². The number of aromatic nitrogens is 2. The number of nitriles is 1. The molecule has 0 bridgehead atoms. The highest BCUT2D eigenvalue weighted by atomic mass is 35.5. The average molecular weight is 457 g/mol. The number of rotatable bonds is 8. The Hall–Kier alpha value is -3.12. The zero-order chi connectivity index (χ0) is 22.7. The zero-order valence-corrected chi connectivity index (χ0v) is 18.2. The van der Waals surface area contributed by atoms with Crippen molar-refractivity contribution in [1.82, 2.24) is 25.9 Å². The molecule has 1 aliphatic carbocycles. The van der Waals surface area contributed by atoms with Crippen molar-refractivity contribution in [2.24, 2.45) is 11.8 Å². The van der Waals surface area contributed by atoms with Crippen LogP contribution >= 0.6 is 11.6 Å². The van der Waals surface area contributed by atoms with E-state index in [1.165, 1.54) is 0 Å². The average Bonchev–Trinajstić information content (AvgIpc) is 3.48. The molecule has 2 unspecified atom stereocenters. The van der Waals surface area contributed by atoms with Crippen molar-refractivity contribution in [1.29, 1.82) is 5.26 Å². The maximum atomic E-state index is 13.0. The molecular weight excluding hydrogens is 432 g/mol. The monoisotopic (exact) mass is 456 g/mol. The van der Waals surface area contributed by atoms with Crippen LogP contribution in [0.15, 0.2) is 18.3 Å². The van der Waals surface area contributed by atoms with Crippen LogP contribution in [0, 0.1) is 23.2 Å². The minimum Gasteiger partial charge on any atom is -0.356 e. The number of amides is 3. The molecule has 2 aromatic rings. The van der Waals surface area contributed by atoms with Crippen molar-refractivity contribution in [2.75, 3.05) is 6.54 Å². The molecule has 2 aromatic heterocycles. The minimum absolute atomic E-state index is 0.0828. The van der Waals surface area contributed by atoms with Gasteiger partial charge in [0.05, 0.1) is 11.6 Å². The van der Waals surface area contributed by atoms with Crippen molar-refractivity contribution in [3.05, 3.63) is 29.2 Å². The molecule has 1 saturated carbocycles. The molecule has 4 rings (SSSR count). The number of fused-ring (bicyclic) bond motifs is 1. The van der Waals surface area contributed by atoms with Gasteiger partial charge in [-0.05, 0) is 43.7 Å². The Bertz CT molecular complexity index is 1070. The lowest BCUT2D eigenvalue weighted by molar-refractivity contribution is -0.128. The third-order valence-electron chi connectivity index (χ3n) is 6.02. The second-order valence-electron chi connectivity index (χ2n) is 8.51. The molecule has 0 aromatic carbocycles. The number of halogens is 1. The minimum atomic E-state index is -0.798. The molecule has 2 aliphatic rings. The Balaban J connectivity index is 1.42. The molecule has 9 nitrogen and oxygen atoms in total. The highest BCUT2D eigenvalue weighted by molar-refractivity contribution is 6.34. The van der Waals surface area contributed by atoms with Gasteiger partial charge in [0.25, 0.3) is 5.91 Å². The number of hydrogen-bond acceptors (Lipinski definition) is 5. The third-order valence-corrected chi connectivity index (χ3v) is 6.33. The predicted octanol–water partition coefficient (Wildman–Crippen LogP) is 2.04. The molecule has 0 spiro atoms. The van der Waals surface area contributed by atoms with Crippen LogP contribution in [0.4, 0.5) is 0 Å². The maximum absolute atomic E-state index is 13.0. The van der Waals surface area contributed by atoms with E-state index in [4.69, 9.17) is 11.6 Å². The first-order chi connectivity index (χ1) is 15.4. The van der Waals surface area contributed by atoms with E-state index in [0.29, 0.717) is 36.2 Å². The van der Waals surface area contributed by atoms with Crippen LogP contribution in [0.1, 0.15) is 49.0 Å². The standard InChI is InChI=1S/C22H25ClN6O3/c23-19-15-10-18(28-16(15)5-7-25-19)22(32)29-17(8-12-3-4-12)21(31)27-14(11-24)9-13-2-1-6-26-20(13)30/h5,7,10,12-14,17,28H,1-4,6,8-9H2,(H,26,30)(H,27,31)(H,29,32)/t13-,14?,17?/m0/s1. The van der Waals surface area contributed by atoms with Gasteiger partial charge < -0.3 is 20.9 Å². The number of aromatic amines is 1. The van der Waals surface area contributed by atoms with E-state index in [2.05, 4.69) is 32.0 Å². The highest BCUT2D eigenvalue weighted by Crippen LogP contribution is 2.33. The van der Waals surface area contributed by atoms with E-state index in [1.807, 2.05) is 0 Å². The Morgan fingerprint density at radius 1 is 1.28 bits per heavy atom. The fraction of sp³-hybridized carbons (Fsp3) is 0.500. The highest BCUT2D eigenvalue weighted by Gasteiger charge is 2.33. The van der Waals surface area contributed by atoms with E-state index in [-0.39, 0.29) is 29.1 Å². The van der Waals surface area contributed by atoms with Gasteiger partial charge in [-0.2, -0.15) is 5.26 Å². The molecule has 2 fully saturated rings. The molecule has 0 radical (unpaired) electrons. The van der Waals surface area contributed by atoms with E-state index < -0.39 is 23.9 Å². The molecular formula is C22H25ClN6O3. The first-order valence-electron chi connectivity index (χ1n) is 10.9. The summed E-state index contributed by atoms with van der Waals surface area (Å²) in [6.45, 7) is 0.642. The van der Waals surface area contributed by atoms with Gasteiger partial charge in [0.2, 0.25) is 11.8 Å². The predicted molar refractivity (Wildman–Crippen MR) is 118 cm³/mol. The van der Waals surface area contributed by atoms with Crippen molar-refractivity contribution in [2.45, 2.75) is 50.6 Å². The zero-order valence-electron chi connectivity index (χ0n) is 17.5. The number of hydrogen-bond donors (Lipinski definition) is 4. The van der Waals surface area contributed by atoms with E-state index in [1.54, 1.807) is 18.3 Å². The van der Waals surface area contributed by atoms with E-state index in [9.17, 15) is 19.6 Å². The quantitative estimate of drug-likeness (QED) is 0.450. The summed E-state index contributed by atoms with van der Waals surface area (Å²) < 4.78 is 0. The number of nitrogens with one attached hydrogen (secondary N) is 4. The summed E-state index contributed by atoms with van der Waals surface area (Å²) >= 11 is 6.09. The topological polar surface area (TPSA) is 140 Å². The second-order valence-corrected chi connectivity index (χ2v) is 8.87. The summed E-state index contributed by atoms with van der Waals surface area (Å²) in [6, 6.07) is 3.83. The fourth-order valence-electron chi connectivity index (χ4n) is 4.06. The number of H-pyrrole nitrogens is 1. The SMILES string of the molecule is N#CC(C[C@@H]1CCCNC1=O)NC(=O)C(CC1CC1)NC(=O)c1cc2c(Cl)nccc2[nH]1. The van der Waals surface area contributed by atoms with Crippen LogP contribution < -0.4 is 16.0 Å². The Labute approximate surface area is 190 Å². The first-order valence-corrected chi connectivity index (χ1v) is 11.2. The van der Waals surface area contributed by atoms with Gasteiger partial charge in [-0.25, -0.2) is 4.98 Å². The third kappa shape index (κ3) is 5.19. The smallest absolute Gasteiger partial charge is 0.268 e. The molecule has 3 amide bonds. The fourth-order valence-corrected chi connectivity index (χ4v) is 4.27. The summed E-state index contributed by atoms with van der Waals surface area (Å²) in [6.07, 6.45) is 5.87. The van der Waals surface area contributed by atoms with Crippen LogP contribution in [0.2, 0.25) is 5.15 Å². The molecule has 10 heteroatoms. The summed E-state index contributed by atoms with van der Waals surface area (Å²) in [5.41, 5.74) is 0.952. The van der Waals surface area contributed by atoms with Crippen LogP contribution in [0.25, 0.3) is 10.9 Å². The van der Waals surface area contributed by atoms with Gasteiger partial charge in [0.15, 0.2) is 0 Å². The maximum Gasteiger partial charge on any atom is 0.268 e. The molecule has 3 atom stereocenters. The Morgan fingerprint density at radius 2 is 2.09 bits per heavy atom. The van der Waals surface area contributed by atoms with Gasteiger partial charge in [-0.1, -0.05) is 24.4 Å². The molecule has 1 saturated heterocycles. The Kier molecular flexibility index (Phi) is 6.61. The van der Waals surface area contributed by atoms with Crippen molar-refractivity contribution >= 4 is 40.2 Å². The largest absolute Gasteiger partial charge is 0.356 e. The van der Waals surface area contributed by atoms with Gasteiger partial charge in [-0.15, -0.1) is 0 Å². The summed E-state index contributed by atoms with van der Waals surface area (Å²) in [4.78, 5) is 44.8. The second kappa shape index (κ2) is 9.57. The number of carbonyl (C=O) groups is 3. The lowest BCUT2D eigenvalue weighted by Crippen LogP contribution is -2.50. The number of pyridine rings is 1. The van der Waals surface area contributed by atoms with Crippen LogP contribution in [0.3, 0.4) is 0 Å². The molecule has 4 N–H and O–H groups in total. The number of piperidine rings is 1. The summed E-state index contributed by atoms with van der Waals surface area (Å²) in [5, 5.41) is 18.7. The number of carbonyl (C=O) groups excluding carboxylic acids is 3. The molecule has 1 aliphatic heterocycles. The van der Waals surface area contributed by atoms with E-state index >= 15 is 0 Å². The lowest BCUT2D eigenvalue weighted by Gasteiger charge is -2.25. The molecule has 32 heavy (non-hydrogen) atoms. The molecule has 3 heterocycles. The number of nitrogens with zero attached hydrogens (tertiary/aromatic N) is 2. The first kappa shape index (κ1) is 22.1. The van der Waals surface area contributed by atoms with Gasteiger partial charge in [-0.3, -0.25) is 14.4 Å². The van der Waals surface area contributed by atoms with Crippen LogP contribution in [0.5, 0.6) is 0 Å².